The number of benzene rings is 2. The SMILES string of the molecule is Cc1ccc2oc(C(=O)Nc3ccc(OC(F)F)cc3)c(C)c2c1. The molecule has 1 N–H and O–H groups in total. The van der Waals surface area contributed by atoms with E-state index in [0.29, 0.717) is 11.3 Å². The molecule has 124 valence electrons. The Labute approximate surface area is 137 Å². The first kappa shape index (κ1) is 16.0. The molecule has 0 radical (unpaired) electrons. The van der Waals surface area contributed by atoms with Gasteiger partial charge in [-0.3, -0.25) is 4.79 Å². The van der Waals surface area contributed by atoms with Crippen LogP contribution in [0, 0.1) is 13.8 Å². The highest BCUT2D eigenvalue weighted by atomic mass is 19.3. The van der Waals surface area contributed by atoms with Gasteiger partial charge in [-0.05, 0) is 50.2 Å². The van der Waals surface area contributed by atoms with Crippen molar-refractivity contribution in [3.8, 4) is 5.75 Å². The van der Waals surface area contributed by atoms with Gasteiger partial charge in [-0.15, -0.1) is 0 Å². The molecule has 0 atom stereocenters. The lowest BCUT2D eigenvalue weighted by atomic mass is 10.1. The van der Waals surface area contributed by atoms with Crippen LogP contribution in [0.25, 0.3) is 11.0 Å². The van der Waals surface area contributed by atoms with Crippen molar-refractivity contribution in [2.45, 2.75) is 20.5 Å². The first-order valence-electron chi connectivity index (χ1n) is 7.30. The Kier molecular flexibility index (Phi) is 4.20. The highest BCUT2D eigenvalue weighted by Gasteiger charge is 2.18. The first-order chi connectivity index (χ1) is 11.4. The predicted octanol–water partition coefficient (Wildman–Crippen LogP) is 4.90. The number of ether oxygens (including phenoxy) is 1. The molecule has 24 heavy (non-hydrogen) atoms. The number of amides is 1. The third-order valence-electron chi connectivity index (χ3n) is 3.64. The predicted molar refractivity (Wildman–Crippen MR) is 86.7 cm³/mol. The maximum atomic E-state index is 12.4. The Hall–Kier alpha value is -2.89. The van der Waals surface area contributed by atoms with Gasteiger partial charge >= 0.3 is 6.61 Å². The molecule has 0 saturated heterocycles. The van der Waals surface area contributed by atoms with Gasteiger partial charge < -0.3 is 14.5 Å². The Balaban J connectivity index is 1.81. The Bertz CT molecular complexity index is 885. The van der Waals surface area contributed by atoms with Crippen LogP contribution in [-0.4, -0.2) is 12.5 Å². The van der Waals surface area contributed by atoms with Crippen molar-refractivity contribution in [2.75, 3.05) is 5.32 Å². The molecule has 4 nitrogen and oxygen atoms in total. The Morgan fingerprint density at radius 3 is 2.50 bits per heavy atom. The number of carbonyl (C=O) groups excluding carboxylic acids is 1. The highest BCUT2D eigenvalue weighted by Crippen LogP contribution is 2.27. The molecule has 0 unspecified atom stereocenters. The monoisotopic (exact) mass is 331 g/mol. The number of halogens is 2. The fourth-order valence-corrected chi connectivity index (χ4v) is 2.46. The van der Waals surface area contributed by atoms with Gasteiger partial charge in [0.05, 0.1) is 0 Å². The van der Waals surface area contributed by atoms with E-state index in [9.17, 15) is 13.6 Å². The number of alkyl halides is 2. The second-order valence-corrected chi connectivity index (χ2v) is 5.41. The number of hydrogen-bond acceptors (Lipinski definition) is 3. The number of nitrogens with one attached hydrogen (secondary N) is 1. The summed E-state index contributed by atoms with van der Waals surface area (Å²) in [7, 11) is 0. The van der Waals surface area contributed by atoms with Crippen LogP contribution in [0.4, 0.5) is 14.5 Å². The summed E-state index contributed by atoms with van der Waals surface area (Å²) < 4.78 is 34.1. The molecule has 1 amide bonds. The number of carbonyl (C=O) groups is 1. The van der Waals surface area contributed by atoms with E-state index in [2.05, 4.69) is 10.1 Å². The second-order valence-electron chi connectivity index (χ2n) is 5.41. The molecule has 0 spiro atoms. The Morgan fingerprint density at radius 1 is 1.12 bits per heavy atom. The van der Waals surface area contributed by atoms with E-state index in [0.717, 1.165) is 16.5 Å². The molecular formula is C18H15F2NO3. The minimum absolute atomic E-state index is 0.0263. The van der Waals surface area contributed by atoms with E-state index >= 15 is 0 Å². The number of hydrogen-bond donors (Lipinski definition) is 1. The molecule has 1 heterocycles. The van der Waals surface area contributed by atoms with Gasteiger partial charge in [-0.2, -0.15) is 8.78 Å². The molecule has 0 aliphatic heterocycles. The van der Waals surface area contributed by atoms with Gasteiger partial charge in [0.2, 0.25) is 0 Å². The van der Waals surface area contributed by atoms with E-state index in [-0.39, 0.29) is 11.5 Å². The zero-order valence-electron chi connectivity index (χ0n) is 13.1. The molecule has 6 heteroatoms. The van der Waals surface area contributed by atoms with Gasteiger partial charge in [0, 0.05) is 16.6 Å². The van der Waals surface area contributed by atoms with Crippen molar-refractivity contribution in [1.29, 1.82) is 0 Å². The normalized spacial score (nSPS) is 11.0. The van der Waals surface area contributed by atoms with Crippen LogP contribution in [0.5, 0.6) is 5.75 Å². The van der Waals surface area contributed by atoms with Crippen LogP contribution in [0.1, 0.15) is 21.7 Å². The molecule has 3 rings (SSSR count). The lowest BCUT2D eigenvalue weighted by molar-refractivity contribution is -0.0498. The topological polar surface area (TPSA) is 51.5 Å². The lowest BCUT2D eigenvalue weighted by Crippen LogP contribution is -2.12. The maximum Gasteiger partial charge on any atom is 0.387 e. The second kappa shape index (κ2) is 6.31. The van der Waals surface area contributed by atoms with E-state index < -0.39 is 12.5 Å². The maximum absolute atomic E-state index is 12.4. The van der Waals surface area contributed by atoms with Crippen molar-refractivity contribution in [1.82, 2.24) is 0 Å². The number of furan rings is 1. The standard InChI is InChI=1S/C18H15F2NO3/c1-10-3-8-15-14(9-10)11(2)16(24-15)17(22)21-12-4-6-13(7-5-12)23-18(19)20/h3-9,18H,1-2H3,(H,21,22). The smallest absolute Gasteiger partial charge is 0.387 e. The summed E-state index contributed by atoms with van der Waals surface area (Å²) in [5.41, 5.74) is 2.93. The zero-order chi connectivity index (χ0) is 17.3. The number of anilines is 1. The summed E-state index contributed by atoms with van der Waals surface area (Å²) in [6.07, 6.45) is 0. The molecule has 0 aliphatic rings. The quantitative estimate of drug-likeness (QED) is 0.739. The fourth-order valence-electron chi connectivity index (χ4n) is 2.46. The summed E-state index contributed by atoms with van der Waals surface area (Å²) >= 11 is 0. The molecule has 0 saturated carbocycles. The number of aryl methyl sites for hydroxylation is 2. The van der Waals surface area contributed by atoms with Crippen molar-refractivity contribution >= 4 is 22.6 Å². The van der Waals surface area contributed by atoms with Crippen LogP contribution >= 0.6 is 0 Å². The largest absolute Gasteiger partial charge is 0.451 e. The van der Waals surface area contributed by atoms with Crippen LogP contribution in [0.2, 0.25) is 0 Å². The van der Waals surface area contributed by atoms with Gasteiger partial charge in [-0.25, -0.2) is 0 Å². The molecule has 0 aliphatic carbocycles. The van der Waals surface area contributed by atoms with Crippen molar-refractivity contribution in [2.24, 2.45) is 0 Å². The number of fused-ring (bicyclic) bond motifs is 1. The van der Waals surface area contributed by atoms with E-state index in [1.165, 1.54) is 24.3 Å². The summed E-state index contributed by atoms with van der Waals surface area (Å²) in [6, 6.07) is 11.4. The lowest BCUT2D eigenvalue weighted by Gasteiger charge is -2.07. The molecular weight excluding hydrogens is 316 g/mol. The minimum Gasteiger partial charge on any atom is -0.451 e. The van der Waals surface area contributed by atoms with E-state index in [4.69, 9.17) is 4.42 Å². The number of rotatable bonds is 4. The Morgan fingerprint density at radius 2 is 1.83 bits per heavy atom. The summed E-state index contributed by atoms with van der Waals surface area (Å²) in [5.74, 6) is -0.147. The molecule has 1 aromatic heterocycles. The van der Waals surface area contributed by atoms with Crippen LogP contribution in [0.3, 0.4) is 0 Å². The summed E-state index contributed by atoms with van der Waals surface area (Å²) in [5, 5.41) is 3.57. The van der Waals surface area contributed by atoms with Crippen LogP contribution in [0.15, 0.2) is 46.9 Å². The van der Waals surface area contributed by atoms with Gasteiger partial charge in [0.25, 0.3) is 5.91 Å². The van der Waals surface area contributed by atoms with Crippen molar-refractivity contribution < 1.29 is 22.7 Å². The van der Waals surface area contributed by atoms with Gasteiger partial charge in [0.15, 0.2) is 5.76 Å². The fraction of sp³-hybridized carbons (Fsp3) is 0.167. The van der Waals surface area contributed by atoms with Crippen LogP contribution in [-0.2, 0) is 0 Å². The van der Waals surface area contributed by atoms with Gasteiger partial charge in [-0.1, -0.05) is 11.6 Å². The molecule has 3 aromatic rings. The highest BCUT2D eigenvalue weighted by molar-refractivity contribution is 6.06. The third kappa shape index (κ3) is 3.22. The van der Waals surface area contributed by atoms with Crippen molar-refractivity contribution in [3.05, 3.63) is 59.4 Å². The first-order valence-corrected chi connectivity index (χ1v) is 7.30. The average molecular weight is 331 g/mol. The van der Waals surface area contributed by atoms with Gasteiger partial charge in [0.1, 0.15) is 11.3 Å². The van der Waals surface area contributed by atoms with E-state index in [1.54, 1.807) is 0 Å². The summed E-state index contributed by atoms with van der Waals surface area (Å²) in [6.45, 7) is 0.904. The average Bonchev–Trinajstić information content (AvgIpc) is 2.86. The van der Waals surface area contributed by atoms with E-state index in [1.807, 2.05) is 32.0 Å². The third-order valence-corrected chi connectivity index (χ3v) is 3.64. The molecule has 0 fully saturated rings. The summed E-state index contributed by atoms with van der Waals surface area (Å²) in [4.78, 5) is 12.4. The van der Waals surface area contributed by atoms with Crippen LogP contribution < -0.4 is 10.1 Å². The minimum atomic E-state index is -2.88. The molecule has 0 bridgehead atoms. The molecule has 2 aromatic carbocycles. The van der Waals surface area contributed by atoms with Crippen molar-refractivity contribution in [3.63, 3.8) is 0 Å². The zero-order valence-corrected chi connectivity index (χ0v) is 13.1.